The highest BCUT2D eigenvalue weighted by atomic mass is 35.5. The Morgan fingerprint density at radius 1 is 1.23 bits per heavy atom. The van der Waals surface area contributed by atoms with Gasteiger partial charge in [0.1, 0.15) is 5.69 Å². The van der Waals surface area contributed by atoms with Crippen molar-refractivity contribution < 1.29 is 14.3 Å². The van der Waals surface area contributed by atoms with E-state index in [0.717, 1.165) is 5.56 Å². The average molecular weight is 516 g/mol. The summed E-state index contributed by atoms with van der Waals surface area (Å²) in [6.07, 6.45) is 2.06. The highest BCUT2D eigenvalue weighted by Gasteiger charge is 2.38. The number of aromatic amines is 1. The van der Waals surface area contributed by atoms with Gasteiger partial charge in [-0.05, 0) is 43.0 Å². The van der Waals surface area contributed by atoms with Gasteiger partial charge >= 0.3 is 0 Å². The van der Waals surface area contributed by atoms with Crippen LogP contribution in [0, 0.1) is 11.8 Å². The van der Waals surface area contributed by atoms with Crippen molar-refractivity contribution >= 4 is 35.0 Å². The molecule has 1 fully saturated rings. The van der Waals surface area contributed by atoms with Gasteiger partial charge in [0.05, 0.1) is 24.0 Å². The Hall–Kier alpha value is -3.10. The van der Waals surface area contributed by atoms with Gasteiger partial charge in [0.15, 0.2) is 0 Å². The Bertz CT molecular complexity index is 1230. The van der Waals surface area contributed by atoms with Gasteiger partial charge in [0.2, 0.25) is 11.8 Å². The monoisotopic (exact) mass is 515 g/mol. The summed E-state index contributed by atoms with van der Waals surface area (Å²) in [6, 6.07) is 10.6. The number of halogens is 2. The fraction of sp³-hybridized carbons (Fsp3) is 0.360. The number of likely N-dealkylation sites (tertiary alicyclic amines) is 1. The van der Waals surface area contributed by atoms with E-state index < -0.39 is 0 Å². The Kier molecular flexibility index (Phi) is 7.62. The van der Waals surface area contributed by atoms with E-state index in [4.69, 9.17) is 27.9 Å². The number of carbonyl (C=O) groups is 2. The van der Waals surface area contributed by atoms with Crippen LogP contribution >= 0.6 is 23.2 Å². The van der Waals surface area contributed by atoms with Gasteiger partial charge in [-0.2, -0.15) is 5.10 Å². The number of aromatic nitrogens is 3. The maximum absolute atomic E-state index is 13.3. The Balaban J connectivity index is 1.41. The molecule has 35 heavy (non-hydrogen) atoms. The summed E-state index contributed by atoms with van der Waals surface area (Å²) in [5.41, 5.74) is 2.44. The van der Waals surface area contributed by atoms with Gasteiger partial charge in [-0.15, -0.1) is 0 Å². The molecular formula is C25H27Cl2N5O3. The minimum Gasteiger partial charge on any atom is -0.481 e. The maximum atomic E-state index is 13.3. The number of hydrogen-bond acceptors (Lipinski definition) is 5. The third kappa shape index (κ3) is 5.60. The van der Waals surface area contributed by atoms with Crippen LogP contribution in [0.25, 0.3) is 11.3 Å². The first kappa shape index (κ1) is 25.0. The molecule has 184 valence electrons. The van der Waals surface area contributed by atoms with E-state index in [0.29, 0.717) is 52.4 Å². The van der Waals surface area contributed by atoms with Crippen LogP contribution in [0.1, 0.15) is 36.3 Å². The summed E-state index contributed by atoms with van der Waals surface area (Å²) >= 11 is 12.3. The number of nitrogens with zero attached hydrogens (tertiary/aromatic N) is 3. The van der Waals surface area contributed by atoms with E-state index in [9.17, 15) is 9.59 Å². The molecule has 1 aliphatic rings. The smallest absolute Gasteiger partial charge is 0.272 e. The lowest BCUT2D eigenvalue weighted by atomic mass is 9.82. The number of methoxy groups -OCH3 is 1. The number of H-pyrrole nitrogens is 1. The number of pyridine rings is 1. The zero-order valence-corrected chi connectivity index (χ0v) is 21.2. The quantitative estimate of drug-likeness (QED) is 0.499. The summed E-state index contributed by atoms with van der Waals surface area (Å²) in [6.45, 7) is 4.84. The first-order chi connectivity index (χ1) is 16.8. The number of piperidine rings is 1. The SMILES string of the molecule is COc1cc(-c2cc(C(=O)N3CC(C)C(C(=O)NCc4cccc(Cl)c4)CC3C)[nH]n2)c(Cl)cn1. The molecule has 4 rings (SSSR count). The fourth-order valence-electron chi connectivity index (χ4n) is 4.41. The molecule has 8 nitrogen and oxygen atoms in total. The molecule has 2 aromatic heterocycles. The molecule has 2 N–H and O–H groups in total. The van der Waals surface area contributed by atoms with E-state index in [2.05, 4.69) is 20.5 Å². The van der Waals surface area contributed by atoms with Crippen molar-refractivity contribution in [3.8, 4) is 17.1 Å². The largest absolute Gasteiger partial charge is 0.481 e. The zero-order chi connectivity index (χ0) is 25.1. The number of benzene rings is 1. The number of nitrogens with one attached hydrogen (secondary N) is 2. The molecule has 0 saturated carbocycles. The first-order valence-electron chi connectivity index (χ1n) is 11.3. The van der Waals surface area contributed by atoms with Crippen LogP contribution in [0.3, 0.4) is 0 Å². The van der Waals surface area contributed by atoms with E-state index in [1.54, 1.807) is 23.1 Å². The summed E-state index contributed by atoms with van der Waals surface area (Å²) in [4.78, 5) is 32.1. The van der Waals surface area contributed by atoms with Crippen LogP contribution in [0.4, 0.5) is 0 Å². The lowest BCUT2D eigenvalue weighted by Crippen LogP contribution is -2.51. The van der Waals surface area contributed by atoms with E-state index in [1.807, 2.05) is 32.0 Å². The second-order valence-electron chi connectivity index (χ2n) is 8.85. The lowest BCUT2D eigenvalue weighted by Gasteiger charge is -2.40. The molecule has 0 spiro atoms. The summed E-state index contributed by atoms with van der Waals surface area (Å²) < 4.78 is 5.16. The van der Waals surface area contributed by atoms with Crippen molar-refractivity contribution in [3.63, 3.8) is 0 Å². The van der Waals surface area contributed by atoms with Crippen molar-refractivity contribution in [2.75, 3.05) is 13.7 Å². The van der Waals surface area contributed by atoms with Crippen LogP contribution < -0.4 is 10.1 Å². The molecule has 1 saturated heterocycles. The van der Waals surface area contributed by atoms with Gasteiger partial charge in [0, 0.05) is 41.7 Å². The van der Waals surface area contributed by atoms with Crippen molar-refractivity contribution in [1.29, 1.82) is 0 Å². The van der Waals surface area contributed by atoms with Gasteiger partial charge in [-0.3, -0.25) is 14.7 Å². The lowest BCUT2D eigenvalue weighted by molar-refractivity contribution is -0.129. The fourth-order valence-corrected chi connectivity index (χ4v) is 4.82. The molecule has 3 heterocycles. The van der Waals surface area contributed by atoms with Crippen molar-refractivity contribution in [2.45, 2.75) is 32.9 Å². The molecule has 2 amide bonds. The molecule has 10 heteroatoms. The number of ether oxygens (including phenoxy) is 1. The second-order valence-corrected chi connectivity index (χ2v) is 9.69. The van der Waals surface area contributed by atoms with E-state index >= 15 is 0 Å². The zero-order valence-electron chi connectivity index (χ0n) is 19.7. The van der Waals surface area contributed by atoms with Gasteiger partial charge in [0.25, 0.3) is 5.91 Å². The minimum absolute atomic E-state index is 0.00388. The Morgan fingerprint density at radius 2 is 2.03 bits per heavy atom. The third-order valence-corrected chi connectivity index (χ3v) is 6.91. The Morgan fingerprint density at radius 3 is 2.77 bits per heavy atom. The summed E-state index contributed by atoms with van der Waals surface area (Å²) in [5, 5.41) is 11.2. The average Bonchev–Trinajstić information content (AvgIpc) is 3.34. The Labute approximate surface area is 214 Å². The van der Waals surface area contributed by atoms with Crippen LogP contribution in [-0.4, -0.2) is 51.6 Å². The molecule has 1 aliphatic heterocycles. The third-order valence-electron chi connectivity index (χ3n) is 6.38. The van der Waals surface area contributed by atoms with E-state index in [1.165, 1.54) is 13.3 Å². The minimum atomic E-state index is -0.186. The number of carbonyl (C=O) groups excluding carboxylic acids is 2. The maximum Gasteiger partial charge on any atom is 0.272 e. The molecule has 0 aliphatic carbocycles. The highest BCUT2D eigenvalue weighted by Crippen LogP contribution is 2.31. The van der Waals surface area contributed by atoms with Gasteiger partial charge < -0.3 is 15.0 Å². The van der Waals surface area contributed by atoms with Crippen LogP contribution in [0.2, 0.25) is 10.0 Å². The van der Waals surface area contributed by atoms with Crippen molar-refractivity contribution in [2.24, 2.45) is 11.8 Å². The van der Waals surface area contributed by atoms with Crippen LogP contribution in [0.5, 0.6) is 5.88 Å². The normalized spacial score (nSPS) is 19.9. The summed E-state index contributed by atoms with van der Waals surface area (Å²) in [7, 11) is 1.52. The second kappa shape index (κ2) is 10.7. The van der Waals surface area contributed by atoms with Gasteiger partial charge in [-0.1, -0.05) is 42.3 Å². The van der Waals surface area contributed by atoms with Crippen molar-refractivity contribution in [1.82, 2.24) is 25.4 Å². The van der Waals surface area contributed by atoms with Gasteiger partial charge in [-0.25, -0.2) is 4.98 Å². The highest BCUT2D eigenvalue weighted by molar-refractivity contribution is 6.33. The van der Waals surface area contributed by atoms with Crippen molar-refractivity contribution in [3.05, 3.63) is 63.9 Å². The standard InChI is InChI=1S/C25H27Cl2N5O3/c1-14-13-32(15(2)7-18(14)24(33)29-11-16-5-4-6-17(26)8-16)25(34)22-10-21(30-31-22)19-9-23(35-3)28-12-20(19)27/h4-6,8-10,12,14-15,18H,7,11,13H2,1-3H3,(H,29,33)(H,30,31). The first-order valence-corrected chi connectivity index (χ1v) is 12.1. The molecule has 3 aromatic rings. The summed E-state index contributed by atoms with van der Waals surface area (Å²) in [5.74, 6) is 0.0300. The molecule has 0 bridgehead atoms. The number of amides is 2. The molecule has 1 aromatic carbocycles. The number of hydrogen-bond donors (Lipinski definition) is 2. The van der Waals surface area contributed by atoms with E-state index in [-0.39, 0.29) is 29.7 Å². The predicted molar refractivity (Wildman–Crippen MR) is 134 cm³/mol. The topological polar surface area (TPSA) is 100 Å². The molecule has 0 radical (unpaired) electrons. The van der Waals surface area contributed by atoms with Crippen LogP contribution in [0.15, 0.2) is 42.6 Å². The molecule has 3 atom stereocenters. The molecular weight excluding hydrogens is 489 g/mol. The predicted octanol–water partition coefficient (Wildman–Crippen LogP) is 4.59. The molecule has 3 unspecified atom stereocenters. The number of rotatable bonds is 6. The van der Waals surface area contributed by atoms with Crippen LogP contribution in [-0.2, 0) is 11.3 Å².